The molecule has 1 aliphatic rings. The standard InChI is InChI=1S/C17H36N4.HI/c1-4-5-6-11-19-17(18-3)20-12-7-8-13-21-14-9-16(2)10-15-21;/h16H,4-15H2,1-3H3,(H2,18,19,20);1H. The van der Waals surface area contributed by atoms with Crippen molar-refractivity contribution in [3.05, 3.63) is 0 Å². The van der Waals surface area contributed by atoms with E-state index in [2.05, 4.69) is 34.4 Å². The first-order valence-electron chi connectivity index (χ1n) is 8.93. The molecule has 0 amide bonds. The van der Waals surface area contributed by atoms with Crippen LogP contribution in [0.4, 0.5) is 0 Å². The van der Waals surface area contributed by atoms with E-state index in [9.17, 15) is 0 Å². The number of likely N-dealkylation sites (tertiary alicyclic amines) is 1. The molecule has 2 N–H and O–H groups in total. The Labute approximate surface area is 154 Å². The van der Waals surface area contributed by atoms with Crippen LogP contribution in [0.2, 0.25) is 0 Å². The minimum absolute atomic E-state index is 0. The lowest BCUT2D eigenvalue weighted by Crippen LogP contribution is -2.38. The summed E-state index contributed by atoms with van der Waals surface area (Å²) in [4.78, 5) is 6.89. The van der Waals surface area contributed by atoms with Gasteiger partial charge in [-0.3, -0.25) is 4.99 Å². The Hall–Kier alpha value is -0.0400. The van der Waals surface area contributed by atoms with Gasteiger partial charge in [0.05, 0.1) is 0 Å². The van der Waals surface area contributed by atoms with Gasteiger partial charge >= 0.3 is 0 Å². The zero-order valence-electron chi connectivity index (χ0n) is 14.9. The Morgan fingerprint density at radius 3 is 2.18 bits per heavy atom. The Balaban J connectivity index is 0.00000441. The normalized spacial score (nSPS) is 17.1. The van der Waals surface area contributed by atoms with Crippen molar-refractivity contribution in [3.8, 4) is 0 Å². The molecule has 0 unspecified atom stereocenters. The number of aliphatic imine (C=N–C) groups is 1. The molecule has 0 spiro atoms. The molecule has 0 aromatic carbocycles. The molecule has 22 heavy (non-hydrogen) atoms. The molecule has 0 atom stereocenters. The van der Waals surface area contributed by atoms with Crippen molar-refractivity contribution in [2.75, 3.05) is 39.8 Å². The van der Waals surface area contributed by atoms with Crippen molar-refractivity contribution in [2.45, 2.75) is 58.8 Å². The highest BCUT2D eigenvalue weighted by Crippen LogP contribution is 2.15. The third kappa shape index (κ3) is 10.6. The summed E-state index contributed by atoms with van der Waals surface area (Å²) in [5.41, 5.74) is 0. The summed E-state index contributed by atoms with van der Waals surface area (Å²) in [6.07, 6.45) is 9.06. The topological polar surface area (TPSA) is 39.7 Å². The van der Waals surface area contributed by atoms with E-state index < -0.39 is 0 Å². The van der Waals surface area contributed by atoms with Crippen LogP contribution in [0.15, 0.2) is 4.99 Å². The lowest BCUT2D eigenvalue weighted by atomic mass is 9.99. The third-order valence-electron chi connectivity index (χ3n) is 4.37. The van der Waals surface area contributed by atoms with Crippen LogP contribution in [-0.2, 0) is 0 Å². The first kappa shape index (κ1) is 22.0. The number of hydrogen-bond acceptors (Lipinski definition) is 2. The van der Waals surface area contributed by atoms with E-state index in [1.54, 1.807) is 0 Å². The van der Waals surface area contributed by atoms with Crippen LogP contribution in [0.1, 0.15) is 58.8 Å². The highest BCUT2D eigenvalue weighted by atomic mass is 127. The van der Waals surface area contributed by atoms with Crippen molar-refractivity contribution in [1.82, 2.24) is 15.5 Å². The predicted molar refractivity (Wildman–Crippen MR) is 108 cm³/mol. The van der Waals surface area contributed by atoms with Crippen molar-refractivity contribution < 1.29 is 0 Å². The summed E-state index contributed by atoms with van der Waals surface area (Å²) in [6.45, 7) is 10.5. The average molecular weight is 424 g/mol. The van der Waals surface area contributed by atoms with Gasteiger partial charge in [-0.15, -0.1) is 24.0 Å². The fourth-order valence-corrected chi connectivity index (χ4v) is 2.76. The smallest absolute Gasteiger partial charge is 0.190 e. The Morgan fingerprint density at radius 1 is 1.05 bits per heavy atom. The van der Waals surface area contributed by atoms with Crippen molar-refractivity contribution in [1.29, 1.82) is 0 Å². The number of piperidine rings is 1. The number of nitrogens with zero attached hydrogens (tertiary/aromatic N) is 2. The lowest BCUT2D eigenvalue weighted by Gasteiger charge is -2.30. The van der Waals surface area contributed by atoms with E-state index in [0.29, 0.717) is 0 Å². The van der Waals surface area contributed by atoms with E-state index in [4.69, 9.17) is 0 Å². The van der Waals surface area contributed by atoms with Gasteiger partial charge in [-0.2, -0.15) is 0 Å². The van der Waals surface area contributed by atoms with Gasteiger partial charge in [0.25, 0.3) is 0 Å². The average Bonchev–Trinajstić information content (AvgIpc) is 2.51. The maximum atomic E-state index is 4.27. The Morgan fingerprint density at radius 2 is 1.64 bits per heavy atom. The van der Waals surface area contributed by atoms with Crippen LogP contribution >= 0.6 is 24.0 Å². The van der Waals surface area contributed by atoms with Crippen LogP contribution < -0.4 is 10.6 Å². The fourth-order valence-electron chi connectivity index (χ4n) is 2.76. The van der Waals surface area contributed by atoms with Crippen LogP contribution in [0.3, 0.4) is 0 Å². The predicted octanol–water partition coefficient (Wildman–Crippen LogP) is 3.47. The molecule has 4 nitrogen and oxygen atoms in total. The van der Waals surface area contributed by atoms with Gasteiger partial charge in [-0.05, 0) is 57.7 Å². The van der Waals surface area contributed by atoms with E-state index >= 15 is 0 Å². The number of unbranched alkanes of at least 4 members (excludes halogenated alkanes) is 3. The number of nitrogens with one attached hydrogen (secondary N) is 2. The monoisotopic (exact) mass is 424 g/mol. The molecule has 1 aliphatic heterocycles. The summed E-state index contributed by atoms with van der Waals surface area (Å²) in [5.74, 6) is 1.89. The van der Waals surface area contributed by atoms with Gasteiger partial charge in [0.15, 0.2) is 5.96 Å². The summed E-state index contributed by atoms with van der Waals surface area (Å²) in [5, 5.41) is 6.79. The number of hydrogen-bond donors (Lipinski definition) is 2. The molecule has 132 valence electrons. The summed E-state index contributed by atoms with van der Waals surface area (Å²) >= 11 is 0. The molecule has 0 bridgehead atoms. The number of halogens is 1. The summed E-state index contributed by atoms with van der Waals surface area (Å²) in [6, 6.07) is 0. The van der Waals surface area contributed by atoms with Crippen LogP contribution in [-0.4, -0.2) is 50.6 Å². The third-order valence-corrected chi connectivity index (χ3v) is 4.37. The minimum atomic E-state index is 0. The highest BCUT2D eigenvalue weighted by Gasteiger charge is 2.14. The molecule has 0 aromatic rings. The summed E-state index contributed by atoms with van der Waals surface area (Å²) < 4.78 is 0. The number of rotatable bonds is 9. The van der Waals surface area contributed by atoms with E-state index in [1.165, 1.54) is 64.6 Å². The molecule has 0 aromatic heterocycles. The first-order chi connectivity index (χ1) is 10.3. The van der Waals surface area contributed by atoms with Gasteiger partial charge in [-0.25, -0.2) is 0 Å². The molecule has 1 fully saturated rings. The van der Waals surface area contributed by atoms with E-state index in [1.807, 2.05) is 7.05 Å². The molecule has 1 rings (SSSR count). The van der Waals surface area contributed by atoms with Gasteiger partial charge in [0, 0.05) is 20.1 Å². The maximum absolute atomic E-state index is 4.27. The van der Waals surface area contributed by atoms with Crippen LogP contribution in [0.5, 0.6) is 0 Å². The van der Waals surface area contributed by atoms with Crippen molar-refractivity contribution in [2.24, 2.45) is 10.9 Å². The molecule has 0 aliphatic carbocycles. The molecule has 5 heteroatoms. The second kappa shape index (κ2) is 14.5. The second-order valence-electron chi connectivity index (χ2n) is 6.36. The van der Waals surface area contributed by atoms with Gasteiger partial charge in [-0.1, -0.05) is 26.7 Å². The largest absolute Gasteiger partial charge is 0.356 e. The quantitative estimate of drug-likeness (QED) is 0.258. The zero-order chi connectivity index (χ0) is 15.3. The van der Waals surface area contributed by atoms with Crippen LogP contribution in [0.25, 0.3) is 0 Å². The minimum Gasteiger partial charge on any atom is -0.356 e. The van der Waals surface area contributed by atoms with Crippen molar-refractivity contribution in [3.63, 3.8) is 0 Å². The first-order valence-corrected chi connectivity index (χ1v) is 8.93. The molecule has 0 radical (unpaired) electrons. The summed E-state index contributed by atoms with van der Waals surface area (Å²) in [7, 11) is 1.85. The van der Waals surface area contributed by atoms with Crippen LogP contribution in [0, 0.1) is 5.92 Å². The van der Waals surface area contributed by atoms with Crippen molar-refractivity contribution >= 4 is 29.9 Å². The lowest BCUT2D eigenvalue weighted by molar-refractivity contribution is 0.189. The Kier molecular flexibility index (Phi) is 14.5. The molecule has 0 saturated carbocycles. The molecular weight excluding hydrogens is 387 g/mol. The molecule has 1 saturated heterocycles. The highest BCUT2D eigenvalue weighted by molar-refractivity contribution is 14.0. The molecular formula is C17H37IN4. The second-order valence-corrected chi connectivity index (χ2v) is 6.36. The number of guanidine groups is 1. The maximum Gasteiger partial charge on any atom is 0.190 e. The fraction of sp³-hybridized carbons (Fsp3) is 0.941. The SMILES string of the molecule is CCCCCNC(=NC)NCCCCN1CCC(C)CC1.I. The van der Waals surface area contributed by atoms with Gasteiger partial charge in [0.2, 0.25) is 0 Å². The van der Waals surface area contributed by atoms with Gasteiger partial charge < -0.3 is 15.5 Å². The van der Waals surface area contributed by atoms with Gasteiger partial charge in [0.1, 0.15) is 0 Å². The Bertz CT molecular complexity index is 276. The molecule has 1 heterocycles. The van der Waals surface area contributed by atoms with E-state index in [-0.39, 0.29) is 24.0 Å². The van der Waals surface area contributed by atoms with E-state index in [0.717, 1.165) is 25.0 Å². The zero-order valence-corrected chi connectivity index (χ0v) is 17.2.